The lowest BCUT2D eigenvalue weighted by atomic mass is 10.1. The quantitative estimate of drug-likeness (QED) is 0.102. The number of carbonyl (C=O) groups is 3. The molecule has 0 aliphatic carbocycles. The molecule has 1 aliphatic heterocycles. The summed E-state index contributed by atoms with van der Waals surface area (Å²) in [5, 5.41) is 8.81. The molecule has 64 heavy (non-hydrogen) atoms. The molecule has 0 radical (unpaired) electrons. The molecular weight excluding hydrogens is 817 g/mol. The highest BCUT2D eigenvalue weighted by atomic mass is 16.4. The highest BCUT2D eigenvalue weighted by Gasteiger charge is 2.29. The third kappa shape index (κ3) is 11.7. The fourth-order valence-electron chi connectivity index (χ4n) is 7.36. The third-order valence-electron chi connectivity index (χ3n) is 10.6. The number of rotatable bonds is 16. The minimum Gasteiger partial charge on any atom is -0.446 e. The van der Waals surface area contributed by atoms with Crippen molar-refractivity contribution in [2.45, 2.75) is 76.9 Å². The van der Waals surface area contributed by atoms with E-state index in [4.69, 9.17) is 13.3 Å². The molecule has 1 aliphatic rings. The van der Waals surface area contributed by atoms with Crippen molar-refractivity contribution < 1.29 is 27.6 Å². The Bertz CT molecular complexity index is 2400. The van der Waals surface area contributed by atoms with Crippen LogP contribution in [0, 0.1) is 0 Å². The Morgan fingerprint density at radius 3 is 1.19 bits per heavy atom. The average molecular weight is 865 g/mol. The maximum atomic E-state index is 14.0. The van der Waals surface area contributed by atoms with Crippen molar-refractivity contribution in [1.29, 1.82) is 0 Å². The third-order valence-corrected chi connectivity index (χ3v) is 10.6. The number of pyridine rings is 4. The SMILES string of the molecule is C[C@@H]1NC(=O)c2coc(n2)[C@H](CCCN(Cc2ccccn2)Cc2ccccn2)NC(=O)c2coc(n2)[C@H](CCCN(Cc2ccccn2)Cc2ccccn2)NC(=O)c2coc1n2. The van der Waals surface area contributed by atoms with Crippen molar-refractivity contribution in [1.82, 2.24) is 60.6 Å². The van der Waals surface area contributed by atoms with Gasteiger partial charge in [-0.05, 0) is 94.2 Å². The molecule has 6 bridgehead atoms. The Hall–Kier alpha value is -7.44. The van der Waals surface area contributed by atoms with Crippen LogP contribution in [0.4, 0.5) is 0 Å². The summed E-state index contributed by atoms with van der Waals surface area (Å²) in [6.07, 6.45) is 12.7. The molecule has 18 heteroatoms. The number of aromatic nitrogens is 7. The van der Waals surface area contributed by atoms with E-state index in [1.54, 1.807) is 31.7 Å². The normalized spacial score (nSPS) is 16.8. The first-order valence-electron chi connectivity index (χ1n) is 21.2. The van der Waals surface area contributed by atoms with Crippen LogP contribution in [0.2, 0.25) is 0 Å². The largest absolute Gasteiger partial charge is 0.446 e. The number of carbonyl (C=O) groups excluding carboxylic acids is 3. The number of oxazole rings is 3. The van der Waals surface area contributed by atoms with Crippen molar-refractivity contribution in [3.8, 4) is 0 Å². The topological polar surface area (TPSA) is 223 Å². The van der Waals surface area contributed by atoms with Gasteiger partial charge in [0.25, 0.3) is 17.7 Å². The number of nitrogens with zero attached hydrogens (tertiary/aromatic N) is 9. The zero-order valence-electron chi connectivity index (χ0n) is 35.2. The van der Waals surface area contributed by atoms with Gasteiger partial charge in [0, 0.05) is 51.0 Å². The summed E-state index contributed by atoms with van der Waals surface area (Å²) in [6.45, 7) is 5.21. The summed E-state index contributed by atoms with van der Waals surface area (Å²) in [5.74, 6) is -1.27. The summed E-state index contributed by atoms with van der Waals surface area (Å²) in [4.78, 5) is 77.2. The van der Waals surface area contributed by atoms with Crippen molar-refractivity contribution in [3.05, 3.63) is 174 Å². The molecule has 0 saturated carbocycles. The van der Waals surface area contributed by atoms with Gasteiger partial charge in [-0.15, -0.1) is 0 Å². The van der Waals surface area contributed by atoms with Crippen LogP contribution < -0.4 is 16.0 Å². The monoisotopic (exact) mass is 864 g/mol. The number of hydrogen-bond donors (Lipinski definition) is 3. The van der Waals surface area contributed by atoms with Gasteiger partial charge in [0.15, 0.2) is 17.1 Å². The van der Waals surface area contributed by atoms with E-state index in [0.717, 1.165) is 22.8 Å². The van der Waals surface area contributed by atoms with Crippen molar-refractivity contribution in [3.63, 3.8) is 0 Å². The Labute approximate surface area is 369 Å². The lowest BCUT2D eigenvalue weighted by Crippen LogP contribution is -2.32. The Balaban J connectivity index is 1.02. The number of nitrogens with one attached hydrogen (secondary N) is 3. The van der Waals surface area contributed by atoms with Crippen LogP contribution in [0.25, 0.3) is 0 Å². The molecule has 3 amide bonds. The summed E-state index contributed by atoms with van der Waals surface area (Å²) < 4.78 is 17.5. The van der Waals surface area contributed by atoms with Crippen LogP contribution in [0.1, 0.15) is 123 Å². The van der Waals surface area contributed by atoms with Crippen molar-refractivity contribution >= 4 is 17.7 Å². The van der Waals surface area contributed by atoms with Gasteiger partial charge in [-0.1, -0.05) is 24.3 Å². The Kier molecular flexibility index (Phi) is 14.2. The molecule has 3 atom stereocenters. The lowest BCUT2D eigenvalue weighted by Gasteiger charge is -2.23. The Morgan fingerprint density at radius 2 is 0.828 bits per heavy atom. The van der Waals surface area contributed by atoms with E-state index < -0.39 is 35.8 Å². The molecule has 328 valence electrons. The average Bonchev–Trinajstić information content (AvgIpc) is 4.12. The predicted molar refractivity (Wildman–Crippen MR) is 229 cm³/mol. The molecule has 8 heterocycles. The van der Waals surface area contributed by atoms with Crippen LogP contribution in [-0.4, -0.2) is 75.5 Å². The molecule has 0 saturated heterocycles. The Morgan fingerprint density at radius 1 is 0.484 bits per heavy atom. The number of amides is 3. The maximum absolute atomic E-state index is 14.0. The molecule has 3 N–H and O–H groups in total. The molecular formula is C46H48N12O6. The molecule has 8 rings (SSSR count). The van der Waals surface area contributed by atoms with Gasteiger partial charge in [-0.25, -0.2) is 15.0 Å². The molecule has 0 spiro atoms. The fourth-order valence-corrected chi connectivity index (χ4v) is 7.36. The molecule has 7 aromatic heterocycles. The van der Waals surface area contributed by atoms with Crippen LogP contribution in [-0.2, 0) is 26.2 Å². The fraction of sp³-hybridized carbons (Fsp3) is 0.304. The van der Waals surface area contributed by atoms with E-state index in [-0.39, 0.29) is 34.8 Å². The maximum Gasteiger partial charge on any atom is 0.273 e. The first kappa shape index (κ1) is 43.2. The van der Waals surface area contributed by atoms with E-state index in [0.29, 0.717) is 65.0 Å². The van der Waals surface area contributed by atoms with Crippen molar-refractivity contribution in [2.75, 3.05) is 13.1 Å². The second kappa shape index (κ2) is 21.1. The standard InChI is InChI=1S/C46H48N12O6/c1-31-44-54-39(28-62-44)42(60)52-37(17-11-23-58(26-34-14-4-8-20-49-34)27-35-15-5-9-21-50-35)46-56-40(30-64-46)43(61)53-36(45-55-38(29-63-45)41(59)51-31)16-10-22-57(24-32-12-2-6-18-47-32)25-33-13-3-7-19-48-33/h2-9,12-15,18-21,28-31,36-37H,10-11,16-17,22-27H2,1H3,(H,51,59)(H,52,60)(H,53,61)/t31-,36-,37-/m0/s1. The molecule has 0 aromatic carbocycles. The summed E-state index contributed by atoms with van der Waals surface area (Å²) in [6, 6.07) is 21.0. The highest BCUT2D eigenvalue weighted by Crippen LogP contribution is 2.24. The predicted octanol–water partition coefficient (Wildman–Crippen LogP) is 5.94. The second-order valence-corrected chi connectivity index (χ2v) is 15.5. The van der Waals surface area contributed by atoms with Crippen molar-refractivity contribution in [2.24, 2.45) is 0 Å². The van der Waals surface area contributed by atoms with Gasteiger partial charge in [-0.3, -0.25) is 44.1 Å². The van der Waals surface area contributed by atoms with Gasteiger partial charge in [0.05, 0.1) is 22.8 Å². The minimum atomic E-state index is -0.758. The first-order valence-corrected chi connectivity index (χ1v) is 21.2. The summed E-state index contributed by atoms with van der Waals surface area (Å²) >= 11 is 0. The summed E-state index contributed by atoms with van der Waals surface area (Å²) in [7, 11) is 0. The summed E-state index contributed by atoms with van der Waals surface area (Å²) in [5.41, 5.74) is 3.59. The van der Waals surface area contributed by atoms with E-state index >= 15 is 0 Å². The highest BCUT2D eigenvalue weighted by molar-refractivity contribution is 5.94. The molecule has 7 aromatic rings. The van der Waals surface area contributed by atoms with Gasteiger partial charge < -0.3 is 29.2 Å². The lowest BCUT2D eigenvalue weighted by molar-refractivity contribution is 0.0915. The van der Waals surface area contributed by atoms with Gasteiger partial charge >= 0.3 is 0 Å². The molecule has 18 nitrogen and oxygen atoms in total. The minimum absolute atomic E-state index is 0.0103. The smallest absolute Gasteiger partial charge is 0.273 e. The van der Waals surface area contributed by atoms with Crippen LogP contribution in [0.15, 0.2) is 130 Å². The van der Waals surface area contributed by atoms with E-state index in [2.05, 4.69) is 60.6 Å². The van der Waals surface area contributed by atoms with Gasteiger partial charge in [0.1, 0.15) is 36.9 Å². The van der Waals surface area contributed by atoms with Crippen LogP contribution in [0.3, 0.4) is 0 Å². The molecule has 0 unspecified atom stereocenters. The van der Waals surface area contributed by atoms with E-state index in [9.17, 15) is 14.4 Å². The van der Waals surface area contributed by atoms with Crippen LogP contribution >= 0.6 is 0 Å². The number of hydrogen-bond acceptors (Lipinski definition) is 15. The first-order chi connectivity index (χ1) is 31.3. The van der Waals surface area contributed by atoms with Gasteiger partial charge in [0.2, 0.25) is 17.7 Å². The molecule has 0 fully saturated rings. The van der Waals surface area contributed by atoms with Gasteiger partial charge in [-0.2, -0.15) is 0 Å². The zero-order valence-corrected chi connectivity index (χ0v) is 35.2. The van der Waals surface area contributed by atoms with E-state index in [1.807, 2.05) is 72.8 Å². The second-order valence-electron chi connectivity index (χ2n) is 15.5. The van der Waals surface area contributed by atoms with E-state index in [1.165, 1.54) is 18.8 Å². The van der Waals surface area contributed by atoms with Crippen LogP contribution in [0.5, 0.6) is 0 Å². The zero-order chi connectivity index (χ0) is 44.1. The number of fused-ring (bicyclic) bond motifs is 6.